The zero-order valence-corrected chi connectivity index (χ0v) is 17.6. The third-order valence-corrected chi connectivity index (χ3v) is 5.30. The quantitative estimate of drug-likeness (QED) is 0.421. The molecule has 0 bridgehead atoms. The maximum Gasteiger partial charge on any atom is 0.252 e. The lowest BCUT2D eigenvalue weighted by molar-refractivity contribution is 0.0952. The van der Waals surface area contributed by atoms with Crippen LogP contribution in [0.25, 0.3) is 22.3 Å². The Labute approximate surface area is 189 Å². The molecule has 162 valence electrons. The average Bonchev–Trinajstić information content (AvgIpc) is 3.25. The lowest BCUT2D eigenvalue weighted by Gasteiger charge is -2.10. The fourth-order valence-electron chi connectivity index (χ4n) is 3.69. The van der Waals surface area contributed by atoms with Crippen LogP contribution in [-0.2, 0) is 13.1 Å². The van der Waals surface area contributed by atoms with Crippen molar-refractivity contribution in [2.75, 3.05) is 0 Å². The number of fused-ring (bicyclic) bond motifs is 1. The van der Waals surface area contributed by atoms with Crippen molar-refractivity contribution in [3.05, 3.63) is 114 Å². The molecule has 6 nitrogen and oxygen atoms in total. The van der Waals surface area contributed by atoms with Crippen LogP contribution in [0.1, 0.15) is 21.6 Å². The van der Waals surface area contributed by atoms with E-state index in [2.05, 4.69) is 15.4 Å². The summed E-state index contributed by atoms with van der Waals surface area (Å²) in [4.78, 5) is 22.2. The van der Waals surface area contributed by atoms with Gasteiger partial charge < -0.3 is 5.32 Å². The molecule has 0 aliphatic carbocycles. The predicted molar refractivity (Wildman–Crippen MR) is 124 cm³/mol. The first-order valence-electron chi connectivity index (χ1n) is 10.5. The number of aromatic nitrogens is 4. The minimum absolute atomic E-state index is 0.240. The van der Waals surface area contributed by atoms with Crippen LogP contribution in [0.4, 0.5) is 4.39 Å². The molecule has 0 aliphatic rings. The molecule has 7 heteroatoms. The van der Waals surface area contributed by atoms with Gasteiger partial charge in [-0.25, -0.2) is 14.1 Å². The van der Waals surface area contributed by atoms with Gasteiger partial charge in [-0.2, -0.15) is 5.10 Å². The van der Waals surface area contributed by atoms with Gasteiger partial charge in [0, 0.05) is 11.8 Å². The molecule has 0 saturated heterocycles. The highest BCUT2D eigenvalue weighted by atomic mass is 19.1. The van der Waals surface area contributed by atoms with E-state index in [1.54, 1.807) is 29.2 Å². The Balaban J connectivity index is 1.55. The first-order valence-corrected chi connectivity index (χ1v) is 10.5. The highest BCUT2D eigenvalue weighted by molar-refractivity contribution is 6.06. The number of hydrogen-bond donors (Lipinski definition) is 1. The molecule has 0 atom stereocenters. The van der Waals surface area contributed by atoms with Gasteiger partial charge in [-0.3, -0.25) is 9.78 Å². The van der Waals surface area contributed by atoms with E-state index in [9.17, 15) is 9.18 Å². The van der Waals surface area contributed by atoms with Crippen molar-refractivity contribution >= 4 is 16.9 Å². The van der Waals surface area contributed by atoms with Crippen LogP contribution in [0, 0.1) is 5.82 Å². The lowest BCUT2D eigenvalue weighted by atomic mass is 10.1. The summed E-state index contributed by atoms with van der Waals surface area (Å²) in [6.45, 7) is 0.642. The van der Waals surface area contributed by atoms with Crippen molar-refractivity contribution in [3.8, 4) is 11.3 Å². The second-order valence-corrected chi connectivity index (χ2v) is 7.59. The number of nitrogens with one attached hydrogen (secondary N) is 1. The van der Waals surface area contributed by atoms with Gasteiger partial charge in [-0.05, 0) is 35.9 Å². The number of pyridine rings is 2. The van der Waals surface area contributed by atoms with Crippen LogP contribution in [0.2, 0.25) is 0 Å². The maximum atomic E-state index is 13.7. The summed E-state index contributed by atoms with van der Waals surface area (Å²) in [5.74, 6) is -0.549. The normalized spacial score (nSPS) is 10.9. The Morgan fingerprint density at radius 3 is 2.61 bits per heavy atom. The number of rotatable bonds is 6. The van der Waals surface area contributed by atoms with Crippen LogP contribution in [-0.4, -0.2) is 25.7 Å². The van der Waals surface area contributed by atoms with Gasteiger partial charge in [0.25, 0.3) is 5.91 Å². The van der Waals surface area contributed by atoms with E-state index in [0.29, 0.717) is 35.4 Å². The summed E-state index contributed by atoms with van der Waals surface area (Å²) in [5.41, 5.74) is 4.10. The summed E-state index contributed by atoms with van der Waals surface area (Å²) in [6, 6.07) is 23.4. The van der Waals surface area contributed by atoms with E-state index >= 15 is 0 Å². The van der Waals surface area contributed by atoms with Gasteiger partial charge in [0.1, 0.15) is 5.82 Å². The largest absolute Gasteiger partial charge is 0.346 e. The number of hydrogen-bond acceptors (Lipinski definition) is 4. The summed E-state index contributed by atoms with van der Waals surface area (Å²) in [7, 11) is 0. The van der Waals surface area contributed by atoms with Gasteiger partial charge in [-0.1, -0.05) is 48.5 Å². The Hall–Kier alpha value is -4.39. The molecule has 0 fully saturated rings. The van der Waals surface area contributed by atoms with Gasteiger partial charge >= 0.3 is 0 Å². The number of nitrogens with zero attached hydrogens (tertiary/aromatic N) is 4. The molecule has 3 heterocycles. The Morgan fingerprint density at radius 2 is 1.82 bits per heavy atom. The molecule has 0 saturated carbocycles. The summed E-state index contributed by atoms with van der Waals surface area (Å²) in [5, 5.41) is 8.02. The second-order valence-electron chi connectivity index (χ2n) is 7.59. The minimum atomic E-state index is -0.309. The maximum absolute atomic E-state index is 13.7. The van der Waals surface area contributed by atoms with Crippen molar-refractivity contribution in [3.63, 3.8) is 0 Å². The predicted octanol–water partition coefficient (Wildman–Crippen LogP) is 4.61. The summed E-state index contributed by atoms with van der Waals surface area (Å²) < 4.78 is 15.4. The van der Waals surface area contributed by atoms with Crippen LogP contribution < -0.4 is 5.32 Å². The third-order valence-electron chi connectivity index (χ3n) is 5.30. The summed E-state index contributed by atoms with van der Waals surface area (Å²) in [6.07, 6.45) is 3.32. The van der Waals surface area contributed by atoms with Crippen molar-refractivity contribution in [2.45, 2.75) is 13.1 Å². The second kappa shape index (κ2) is 9.00. The smallest absolute Gasteiger partial charge is 0.252 e. The zero-order chi connectivity index (χ0) is 22.6. The monoisotopic (exact) mass is 437 g/mol. The number of benzene rings is 2. The highest BCUT2D eigenvalue weighted by Gasteiger charge is 2.18. The molecule has 33 heavy (non-hydrogen) atoms. The SMILES string of the molecule is O=C(NCc1ccccn1)c1cc(-c2ccccc2)nc2c1cnn2Cc1cccc(F)c1. The van der Waals surface area contributed by atoms with Crippen molar-refractivity contribution < 1.29 is 9.18 Å². The molecule has 0 unspecified atom stereocenters. The van der Waals surface area contributed by atoms with Crippen molar-refractivity contribution in [1.29, 1.82) is 0 Å². The Morgan fingerprint density at radius 1 is 0.970 bits per heavy atom. The van der Waals surface area contributed by atoms with Crippen LogP contribution in [0.3, 0.4) is 0 Å². The molecule has 5 aromatic rings. The van der Waals surface area contributed by atoms with E-state index in [1.807, 2.05) is 54.6 Å². The van der Waals surface area contributed by atoms with E-state index in [-0.39, 0.29) is 11.7 Å². The van der Waals surface area contributed by atoms with Crippen molar-refractivity contribution in [1.82, 2.24) is 25.1 Å². The van der Waals surface area contributed by atoms with Crippen molar-refractivity contribution in [2.24, 2.45) is 0 Å². The lowest BCUT2D eigenvalue weighted by Crippen LogP contribution is -2.23. The Bertz CT molecular complexity index is 1420. The number of carbonyl (C=O) groups is 1. The molecular formula is C26H20FN5O. The fraction of sp³-hybridized carbons (Fsp3) is 0.0769. The van der Waals surface area contributed by atoms with Gasteiger partial charge in [0.2, 0.25) is 0 Å². The van der Waals surface area contributed by atoms with E-state index in [4.69, 9.17) is 4.98 Å². The van der Waals surface area contributed by atoms with E-state index in [1.165, 1.54) is 12.1 Å². The third kappa shape index (κ3) is 4.48. The van der Waals surface area contributed by atoms with E-state index in [0.717, 1.165) is 16.8 Å². The highest BCUT2D eigenvalue weighted by Crippen LogP contribution is 2.25. The van der Waals surface area contributed by atoms with Crippen LogP contribution in [0.15, 0.2) is 91.3 Å². The molecule has 0 spiro atoms. The van der Waals surface area contributed by atoms with Crippen LogP contribution >= 0.6 is 0 Å². The number of carbonyl (C=O) groups excluding carboxylic acids is 1. The molecule has 2 aromatic carbocycles. The van der Waals surface area contributed by atoms with Gasteiger partial charge in [0.15, 0.2) is 5.65 Å². The summed E-state index contributed by atoms with van der Waals surface area (Å²) >= 11 is 0. The first-order chi connectivity index (χ1) is 16.2. The molecule has 0 aliphatic heterocycles. The van der Waals surface area contributed by atoms with Gasteiger partial charge in [0.05, 0.1) is 41.6 Å². The zero-order valence-electron chi connectivity index (χ0n) is 17.6. The molecule has 0 radical (unpaired) electrons. The standard InChI is InChI=1S/C26H20FN5O/c27-20-10-6-7-18(13-20)17-32-25-23(16-30-32)22(14-24(31-25)19-8-2-1-3-9-19)26(33)29-15-21-11-4-5-12-28-21/h1-14,16H,15,17H2,(H,29,33). The van der Waals surface area contributed by atoms with Crippen LogP contribution in [0.5, 0.6) is 0 Å². The number of halogens is 1. The average molecular weight is 437 g/mol. The first kappa shape index (κ1) is 20.5. The van der Waals surface area contributed by atoms with Gasteiger partial charge in [-0.15, -0.1) is 0 Å². The number of amides is 1. The molecule has 3 aromatic heterocycles. The molecule has 5 rings (SSSR count). The van der Waals surface area contributed by atoms with E-state index < -0.39 is 0 Å². The minimum Gasteiger partial charge on any atom is -0.346 e. The molecule has 1 amide bonds. The Kier molecular flexibility index (Phi) is 5.59. The fourth-order valence-corrected chi connectivity index (χ4v) is 3.69. The molecular weight excluding hydrogens is 417 g/mol. The molecule has 1 N–H and O–H groups in total. The topological polar surface area (TPSA) is 72.7 Å².